The number of aryl methyl sites for hydroxylation is 1. The van der Waals surface area contributed by atoms with Crippen LogP contribution >= 0.6 is 0 Å². The fraction of sp³-hybridized carbons (Fsp3) is 0.294. The van der Waals surface area contributed by atoms with Crippen molar-refractivity contribution in [2.45, 2.75) is 33.5 Å². The molecular formula is C17H24Si. The van der Waals surface area contributed by atoms with Crippen molar-refractivity contribution in [3.8, 4) is 11.1 Å². The van der Waals surface area contributed by atoms with Crippen LogP contribution in [-0.4, -0.2) is 8.80 Å². The van der Waals surface area contributed by atoms with Crippen LogP contribution in [0.2, 0.25) is 19.6 Å². The number of benzene rings is 2. The van der Waals surface area contributed by atoms with Gasteiger partial charge in [0, 0.05) is 8.80 Å². The molecule has 0 spiro atoms. The SMILES string of the molecule is C[SiH](C)C.Cc1cccc(-c2ccccc2)c1C. The fourth-order valence-electron chi connectivity index (χ4n) is 1.68. The Balaban J connectivity index is 0.000000357. The maximum atomic E-state index is 2.31. The normalized spacial score (nSPS) is 9.89. The maximum absolute atomic E-state index is 2.31. The molecule has 0 saturated carbocycles. The van der Waals surface area contributed by atoms with Gasteiger partial charge in [0.15, 0.2) is 0 Å². The molecule has 0 aromatic heterocycles. The van der Waals surface area contributed by atoms with Gasteiger partial charge in [0.2, 0.25) is 0 Å². The summed E-state index contributed by atoms with van der Waals surface area (Å²) in [5, 5.41) is 0. The van der Waals surface area contributed by atoms with Gasteiger partial charge in [0.05, 0.1) is 0 Å². The molecule has 1 heteroatoms. The van der Waals surface area contributed by atoms with Crippen LogP contribution in [0.5, 0.6) is 0 Å². The molecule has 0 aliphatic rings. The third kappa shape index (κ3) is 4.50. The monoisotopic (exact) mass is 256 g/mol. The molecule has 0 N–H and O–H groups in total. The number of hydrogen-bond donors (Lipinski definition) is 0. The highest BCUT2D eigenvalue weighted by Crippen LogP contribution is 2.24. The molecular weight excluding hydrogens is 232 g/mol. The van der Waals surface area contributed by atoms with Gasteiger partial charge in [-0.05, 0) is 36.1 Å². The van der Waals surface area contributed by atoms with Crippen LogP contribution in [0.15, 0.2) is 48.5 Å². The quantitative estimate of drug-likeness (QED) is 0.625. The van der Waals surface area contributed by atoms with Crippen molar-refractivity contribution in [3.05, 3.63) is 59.7 Å². The molecule has 0 heterocycles. The first-order valence-corrected chi connectivity index (χ1v) is 10.1. The van der Waals surface area contributed by atoms with Crippen molar-refractivity contribution in [2.24, 2.45) is 0 Å². The second kappa shape index (κ2) is 7.17. The standard InChI is InChI=1S/C14H14.C3H10Si/c1-11-7-6-10-14(12(11)2)13-8-4-3-5-9-13;1-4(2)3/h3-10H,1-2H3;4H,1-3H3. The lowest BCUT2D eigenvalue weighted by Crippen LogP contribution is -1.85. The van der Waals surface area contributed by atoms with Crippen LogP contribution in [0.25, 0.3) is 11.1 Å². The zero-order chi connectivity index (χ0) is 13.5. The van der Waals surface area contributed by atoms with Gasteiger partial charge >= 0.3 is 0 Å². The Morgan fingerprint density at radius 1 is 0.722 bits per heavy atom. The molecule has 0 aliphatic carbocycles. The Labute approximate surface area is 113 Å². The Kier molecular flexibility index (Phi) is 5.86. The predicted molar refractivity (Wildman–Crippen MR) is 86.1 cm³/mol. The molecule has 0 fully saturated rings. The van der Waals surface area contributed by atoms with E-state index in [1.54, 1.807) is 0 Å². The molecule has 0 unspecified atom stereocenters. The summed E-state index contributed by atoms with van der Waals surface area (Å²) in [7, 11) is -0.139. The molecule has 0 atom stereocenters. The molecule has 0 nitrogen and oxygen atoms in total. The molecule has 2 aromatic rings. The van der Waals surface area contributed by atoms with E-state index >= 15 is 0 Å². The van der Waals surface area contributed by atoms with Crippen LogP contribution in [0.1, 0.15) is 11.1 Å². The van der Waals surface area contributed by atoms with Gasteiger partial charge in [-0.15, -0.1) is 0 Å². The zero-order valence-corrected chi connectivity index (χ0v) is 13.4. The molecule has 0 radical (unpaired) electrons. The number of hydrogen-bond acceptors (Lipinski definition) is 0. The van der Waals surface area contributed by atoms with E-state index in [0.717, 1.165) is 0 Å². The van der Waals surface area contributed by atoms with E-state index in [2.05, 4.69) is 82.0 Å². The average molecular weight is 256 g/mol. The minimum Gasteiger partial charge on any atom is -0.0724 e. The summed E-state index contributed by atoms with van der Waals surface area (Å²) in [5.74, 6) is 0. The van der Waals surface area contributed by atoms with Gasteiger partial charge in [-0.25, -0.2) is 0 Å². The van der Waals surface area contributed by atoms with E-state index in [0.29, 0.717) is 0 Å². The largest absolute Gasteiger partial charge is 0.0724 e. The van der Waals surface area contributed by atoms with Gasteiger partial charge in [-0.1, -0.05) is 68.2 Å². The van der Waals surface area contributed by atoms with Gasteiger partial charge in [-0.3, -0.25) is 0 Å². The first-order valence-electron chi connectivity index (χ1n) is 6.64. The van der Waals surface area contributed by atoms with Crippen molar-refractivity contribution in [1.29, 1.82) is 0 Å². The fourth-order valence-corrected chi connectivity index (χ4v) is 1.68. The maximum Gasteiger partial charge on any atom is 0.0274 e. The summed E-state index contributed by atoms with van der Waals surface area (Å²) in [6.07, 6.45) is 0. The zero-order valence-electron chi connectivity index (χ0n) is 12.2. The molecule has 96 valence electrons. The molecule has 18 heavy (non-hydrogen) atoms. The third-order valence-corrected chi connectivity index (χ3v) is 2.69. The van der Waals surface area contributed by atoms with Crippen molar-refractivity contribution in [2.75, 3.05) is 0 Å². The van der Waals surface area contributed by atoms with Crippen LogP contribution in [0.4, 0.5) is 0 Å². The van der Waals surface area contributed by atoms with Crippen molar-refractivity contribution in [1.82, 2.24) is 0 Å². The van der Waals surface area contributed by atoms with Gasteiger partial charge in [-0.2, -0.15) is 0 Å². The van der Waals surface area contributed by atoms with E-state index in [4.69, 9.17) is 0 Å². The first-order chi connectivity index (χ1) is 8.52. The van der Waals surface area contributed by atoms with Crippen molar-refractivity contribution < 1.29 is 0 Å². The van der Waals surface area contributed by atoms with E-state index in [-0.39, 0.29) is 8.80 Å². The highest BCUT2D eigenvalue weighted by Gasteiger charge is 2.01. The summed E-state index contributed by atoms with van der Waals surface area (Å²) >= 11 is 0. The lowest BCUT2D eigenvalue weighted by molar-refractivity contribution is 1.34. The molecule has 0 aliphatic heterocycles. The van der Waals surface area contributed by atoms with Crippen molar-refractivity contribution >= 4 is 8.80 Å². The van der Waals surface area contributed by atoms with Crippen molar-refractivity contribution in [3.63, 3.8) is 0 Å². The summed E-state index contributed by atoms with van der Waals surface area (Å²) in [4.78, 5) is 0. The van der Waals surface area contributed by atoms with E-state index in [1.165, 1.54) is 22.3 Å². The first kappa shape index (κ1) is 14.7. The van der Waals surface area contributed by atoms with Gasteiger partial charge in [0.1, 0.15) is 0 Å². The van der Waals surface area contributed by atoms with Gasteiger partial charge < -0.3 is 0 Å². The smallest absolute Gasteiger partial charge is 0.0274 e. The highest BCUT2D eigenvalue weighted by atomic mass is 28.3. The number of rotatable bonds is 1. The molecule has 2 rings (SSSR count). The Morgan fingerprint density at radius 3 is 1.83 bits per heavy atom. The Hall–Kier alpha value is -1.34. The van der Waals surface area contributed by atoms with Crippen LogP contribution in [0, 0.1) is 13.8 Å². The van der Waals surface area contributed by atoms with Crippen LogP contribution in [-0.2, 0) is 0 Å². The highest BCUT2D eigenvalue weighted by molar-refractivity contribution is 6.54. The summed E-state index contributed by atoms with van der Waals surface area (Å²) in [5.41, 5.74) is 5.37. The Morgan fingerprint density at radius 2 is 1.28 bits per heavy atom. The van der Waals surface area contributed by atoms with E-state index in [1.807, 2.05) is 0 Å². The topological polar surface area (TPSA) is 0 Å². The summed E-state index contributed by atoms with van der Waals surface area (Å²) < 4.78 is 0. The summed E-state index contributed by atoms with van der Waals surface area (Å²) in [6, 6.07) is 17.0. The van der Waals surface area contributed by atoms with Crippen LogP contribution < -0.4 is 0 Å². The lowest BCUT2D eigenvalue weighted by Gasteiger charge is -2.07. The minimum atomic E-state index is -0.139. The molecule has 0 bridgehead atoms. The van der Waals surface area contributed by atoms with E-state index < -0.39 is 0 Å². The second-order valence-corrected chi connectivity index (χ2v) is 8.81. The second-order valence-electron chi connectivity index (χ2n) is 5.35. The molecule has 0 amide bonds. The predicted octanol–water partition coefficient (Wildman–Crippen LogP) is 5.07. The average Bonchev–Trinajstić information content (AvgIpc) is 2.33. The third-order valence-electron chi connectivity index (χ3n) is 2.69. The van der Waals surface area contributed by atoms with Gasteiger partial charge in [0.25, 0.3) is 0 Å². The van der Waals surface area contributed by atoms with Crippen LogP contribution in [0.3, 0.4) is 0 Å². The molecule has 2 aromatic carbocycles. The Bertz CT molecular complexity index is 469. The minimum absolute atomic E-state index is 0.139. The molecule has 0 saturated heterocycles. The summed E-state index contributed by atoms with van der Waals surface area (Å²) in [6.45, 7) is 11.2. The lowest BCUT2D eigenvalue weighted by atomic mass is 9.97. The van der Waals surface area contributed by atoms with E-state index in [9.17, 15) is 0 Å².